The van der Waals surface area contributed by atoms with Crippen LogP contribution >= 0.6 is 0 Å². The summed E-state index contributed by atoms with van der Waals surface area (Å²) in [6.45, 7) is 6.16. The van der Waals surface area contributed by atoms with Gasteiger partial charge in [0.15, 0.2) is 0 Å². The lowest BCUT2D eigenvalue weighted by molar-refractivity contribution is 0.483. The number of benzene rings is 1. The quantitative estimate of drug-likeness (QED) is 0.798. The Balaban J connectivity index is 0.000000151. The molecule has 0 aliphatic carbocycles. The number of piperazine rings is 1. The molecule has 0 spiro atoms. The fourth-order valence-electron chi connectivity index (χ4n) is 3.22. The van der Waals surface area contributed by atoms with E-state index < -0.39 is 10.1 Å². The molecule has 134 valence electrons. The summed E-state index contributed by atoms with van der Waals surface area (Å²) in [6.07, 6.45) is 3.30. The number of nitrogens with one attached hydrogen (secondary N) is 1. The van der Waals surface area contributed by atoms with Crippen molar-refractivity contribution in [2.45, 2.75) is 37.2 Å². The highest BCUT2D eigenvalue weighted by Gasteiger charge is 2.37. The van der Waals surface area contributed by atoms with E-state index in [0.717, 1.165) is 24.3 Å². The van der Waals surface area contributed by atoms with Crippen LogP contribution in [0.15, 0.2) is 47.5 Å². The van der Waals surface area contributed by atoms with Gasteiger partial charge in [0.2, 0.25) is 0 Å². The van der Waals surface area contributed by atoms with Gasteiger partial charge in [0.1, 0.15) is 0 Å². The number of pyridine rings is 1. The van der Waals surface area contributed by atoms with E-state index in [2.05, 4.69) is 27.3 Å². The standard InChI is InChI=1S/C11H15N3.C7H8O3S/c1-8-2-3-10(5-12-8)14-7-9-4-11(14)6-13-9;1-6-2-4-7(5-3-6)11(8,9)10/h2-3,5,9,11,13H,4,6-7H2,1H3;2-5H,1H3,(H,8,9,10)/t9-,11-;/m0./s1. The molecule has 2 fully saturated rings. The summed E-state index contributed by atoms with van der Waals surface area (Å²) in [6, 6.07) is 11.7. The summed E-state index contributed by atoms with van der Waals surface area (Å²) in [5.74, 6) is 0. The predicted molar refractivity (Wildman–Crippen MR) is 97.5 cm³/mol. The zero-order valence-electron chi connectivity index (χ0n) is 14.4. The first-order valence-corrected chi connectivity index (χ1v) is 9.74. The van der Waals surface area contributed by atoms with Crippen LogP contribution in [0.1, 0.15) is 17.7 Å². The molecule has 25 heavy (non-hydrogen) atoms. The summed E-state index contributed by atoms with van der Waals surface area (Å²) < 4.78 is 29.6. The maximum Gasteiger partial charge on any atom is 0.294 e. The van der Waals surface area contributed by atoms with Gasteiger partial charge in [0, 0.05) is 30.9 Å². The molecule has 0 unspecified atom stereocenters. The minimum absolute atomic E-state index is 0.0666. The first-order chi connectivity index (χ1) is 11.8. The molecular formula is C18H23N3O3S. The van der Waals surface area contributed by atoms with Gasteiger partial charge < -0.3 is 10.2 Å². The third-order valence-corrected chi connectivity index (χ3v) is 5.47. The third-order valence-electron chi connectivity index (χ3n) is 4.60. The second kappa shape index (κ2) is 7.11. The second-order valence-electron chi connectivity index (χ2n) is 6.59. The molecule has 0 saturated carbocycles. The highest BCUT2D eigenvalue weighted by Crippen LogP contribution is 2.28. The van der Waals surface area contributed by atoms with Crippen LogP contribution in [0.5, 0.6) is 0 Å². The SMILES string of the molecule is Cc1ccc(N2C[C@@H]3C[C@H]2CN3)cn1.Cc1ccc(S(=O)(=O)O)cc1. The van der Waals surface area contributed by atoms with Crippen molar-refractivity contribution in [2.24, 2.45) is 0 Å². The van der Waals surface area contributed by atoms with E-state index in [1.165, 1.54) is 24.2 Å². The van der Waals surface area contributed by atoms with Gasteiger partial charge in [-0.2, -0.15) is 8.42 Å². The monoisotopic (exact) mass is 361 g/mol. The Morgan fingerprint density at radius 2 is 1.88 bits per heavy atom. The summed E-state index contributed by atoms with van der Waals surface area (Å²) in [5, 5.41) is 3.51. The van der Waals surface area contributed by atoms with E-state index in [0.29, 0.717) is 12.1 Å². The summed E-state index contributed by atoms with van der Waals surface area (Å²) in [5.41, 5.74) is 3.33. The number of fused-ring (bicyclic) bond motifs is 2. The molecule has 2 bridgehead atoms. The van der Waals surface area contributed by atoms with Crippen LogP contribution in [0, 0.1) is 13.8 Å². The first-order valence-electron chi connectivity index (χ1n) is 8.30. The van der Waals surface area contributed by atoms with Gasteiger partial charge in [-0.05, 0) is 44.5 Å². The molecule has 0 amide bonds. The predicted octanol–water partition coefficient (Wildman–Crippen LogP) is 2.18. The van der Waals surface area contributed by atoms with Gasteiger partial charge in [-0.3, -0.25) is 9.54 Å². The van der Waals surface area contributed by atoms with Gasteiger partial charge in [0.25, 0.3) is 10.1 Å². The Morgan fingerprint density at radius 3 is 2.36 bits per heavy atom. The molecule has 1 aromatic heterocycles. The Morgan fingerprint density at radius 1 is 1.16 bits per heavy atom. The Kier molecular flexibility index (Phi) is 5.08. The number of nitrogens with zero attached hydrogens (tertiary/aromatic N) is 2. The fraction of sp³-hybridized carbons (Fsp3) is 0.389. The van der Waals surface area contributed by atoms with E-state index in [4.69, 9.17) is 4.55 Å². The largest absolute Gasteiger partial charge is 0.364 e. The van der Waals surface area contributed by atoms with Crippen LogP contribution in [0.3, 0.4) is 0 Å². The second-order valence-corrected chi connectivity index (χ2v) is 8.01. The van der Waals surface area contributed by atoms with Crippen molar-refractivity contribution in [1.82, 2.24) is 10.3 Å². The Labute approximate surface area is 148 Å². The van der Waals surface area contributed by atoms with Crippen LogP contribution < -0.4 is 10.2 Å². The first kappa shape index (κ1) is 17.8. The molecule has 4 rings (SSSR count). The van der Waals surface area contributed by atoms with Gasteiger partial charge >= 0.3 is 0 Å². The van der Waals surface area contributed by atoms with E-state index in [1.807, 2.05) is 20.0 Å². The third kappa shape index (κ3) is 4.36. The lowest BCUT2D eigenvalue weighted by Gasteiger charge is -2.29. The number of hydrogen-bond donors (Lipinski definition) is 2. The fourth-order valence-corrected chi connectivity index (χ4v) is 3.70. The molecule has 2 aliphatic rings. The van der Waals surface area contributed by atoms with Crippen molar-refractivity contribution in [2.75, 3.05) is 18.0 Å². The number of aryl methyl sites for hydroxylation is 2. The van der Waals surface area contributed by atoms with Crippen LogP contribution in [-0.4, -0.2) is 43.1 Å². The molecule has 2 saturated heterocycles. The highest BCUT2D eigenvalue weighted by atomic mass is 32.2. The van der Waals surface area contributed by atoms with E-state index in [9.17, 15) is 8.42 Å². The molecule has 7 heteroatoms. The topological polar surface area (TPSA) is 82.5 Å². The maximum absolute atomic E-state index is 10.5. The van der Waals surface area contributed by atoms with Crippen LogP contribution in [0.25, 0.3) is 0 Å². The van der Waals surface area contributed by atoms with Gasteiger partial charge in [-0.25, -0.2) is 0 Å². The number of aromatic nitrogens is 1. The van der Waals surface area contributed by atoms with E-state index in [1.54, 1.807) is 12.1 Å². The van der Waals surface area contributed by atoms with Crippen molar-refractivity contribution in [1.29, 1.82) is 0 Å². The van der Waals surface area contributed by atoms with Crippen molar-refractivity contribution in [3.8, 4) is 0 Å². The normalized spacial score (nSPS) is 21.8. The summed E-state index contributed by atoms with van der Waals surface area (Å²) in [7, 11) is -4.02. The number of anilines is 1. The lowest BCUT2D eigenvalue weighted by Crippen LogP contribution is -2.43. The van der Waals surface area contributed by atoms with Gasteiger partial charge in [0.05, 0.1) is 16.8 Å². The van der Waals surface area contributed by atoms with Gasteiger partial charge in [-0.15, -0.1) is 0 Å². The summed E-state index contributed by atoms with van der Waals surface area (Å²) >= 11 is 0. The zero-order valence-corrected chi connectivity index (χ0v) is 15.2. The molecule has 2 atom stereocenters. The summed E-state index contributed by atoms with van der Waals surface area (Å²) in [4.78, 5) is 6.76. The van der Waals surface area contributed by atoms with E-state index >= 15 is 0 Å². The van der Waals surface area contributed by atoms with Crippen LogP contribution in [0.4, 0.5) is 5.69 Å². The molecule has 6 nitrogen and oxygen atoms in total. The molecule has 1 aromatic carbocycles. The van der Waals surface area contributed by atoms with E-state index in [-0.39, 0.29) is 4.90 Å². The maximum atomic E-state index is 10.5. The average molecular weight is 361 g/mol. The van der Waals surface area contributed by atoms with Crippen molar-refractivity contribution in [3.05, 3.63) is 53.9 Å². The molecule has 2 aliphatic heterocycles. The average Bonchev–Trinajstić information content (AvgIpc) is 3.19. The smallest absolute Gasteiger partial charge is 0.294 e. The Bertz CT molecular complexity index is 820. The minimum atomic E-state index is -4.02. The van der Waals surface area contributed by atoms with Crippen molar-refractivity contribution in [3.63, 3.8) is 0 Å². The molecular weight excluding hydrogens is 338 g/mol. The molecule has 2 aromatic rings. The van der Waals surface area contributed by atoms with Crippen LogP contribution in [0.2, 0.25) is 0 Å². The number of hydrogen-bond acceptors (Lipinski definition) is 5. The minimum Gasteiger partial charge on any atom is -0.364 e. The molecule has 3 heterocycles. The lowest BCUT2D eigenvalue weighted by atomic mass is 10.2. The van der Waals surface area contributed by atoms with Crippen LogP contribution in [-0.2, 0) is 10.1 Å². The van der Waals surface area contributed by atoms with Crippen molar-refractivity contribution < 1.29 is 13.0 Å². The van der Waals surface area contributed by atoms with Crippen molar-refractivity contribution >= 4 is 15.8 Å². The molecule has 2 N–H and O–H groups in total. The number of rotatable bonds is 2. The van der Waals surface area contributed by atoms with Gasteiger partial charge in [-0.1, -0.05) is 17.7 Å². The molecule has 0 radical (unpaired) electrons. The zero-order chi connectivity index (χ0) is 18.0. The Hall–Kier alpha value is -1.96. The highest BCUT2D eigenvalue weighted by molar-refractivity contribution is 7.85.